The van der Waals surface area contributed by atoms with Gasteiger partial charge < -0.3 is 10.0 Å². The molecule has 0 aliphatic rings. The molecule has 0 aromatic heterocycles. The molecule has 0 aliphatic carbocycles. The number of carboxylic acid groups (broad SMARTS) is 1. The number of rotatable bonds is 4. The molecule has 98 valence electrons. The topological polar surface area (TPSA) is 57.6 Å². The highest BCUT2D eigenvalue weighted by Gasteiger charge is 2.38. The molecule has 1 aromatic rings. The van der Waals surface area contributed by atoms with Crippen LogP contribution >= 0.6 is 11.6 Å². The maximum absolute atomic E-state index is 12.0. The van der Waals surface area contributed by atoms with E-state index in [1.54, 1.807) is 25.2 Å². The summed E-state index contributed by atoms with van der Waals surface area (Å²) in [6.45, 7) is 3.12. The predicted octanol–water partition coefficient (Wildman–Crippen LogP) is 2.41. The van der Waals surface area contributed by atoms with Gasteiger partial charge in [0.05, 0.1) is 0 Å². The summed E-state index contributed by atoms with van der Waals surface area (Å²) < 4.78 is 0. The van der Waals surface area contributed by atoms with E-state index in [1.807, 2.05) is 6.07 Å². The average Bonchev–Trinajstić information content (AvgIpc) is 2.27. The number of halogens is 1. The molecular formula is C13H16ClNO3. The smallest absolute Gasteiger partial charge is 0.318 e. The number of nitrogens with zero attached hydrogens (tertiary/aromatic N) is 1. The van der Waals surface area contributed by atoms with Crippen molar-refractivity contribution < 1.29 is 14.7 Å². The van der Waals surface area contributed by atoms with Gasteiger partial charge in [0.2, 0.25) is 5.91 Å². The summed E-state index contributed by atoms with van der Waals surface area (Å²) in [6.07, 6.45) is 0. The highest BCUT2D eigenvalue weighted by Crippen LogP contribution is 2.20. The molecule has 1 rings (SSSR count). The molecule has 0 aliphatic heterocycles. The third kappa shape index (κ3) is 3.23. The normalized spacial score (nSPS) is 11.1. The Kier molecular flexibility index (Phi) is 4.35. The minimum atomic E-state index is -1.42. The van der Waals surface area contributed by atoms with Crippen molar-refractivity contribution in [3.63, 3.8) is 0 Å². The Morgan fingerprint density at radius 3 is 2.50 bits per heavy atom. The number of carbonyl (C=O) groups excluding carboxylic acids is 1. The number of carbonyl (C=O) groups is 2. The van der Waals surface area contributed by atoms with Crippen molar-refractivity contribution in [3.8, 4) is 0 Å². The van der Waals surface area contributed by atoms with Gasteiger partial charge in [0.15, 0.2) is 0 Å². The molecule has 1 amide bonds. The molecule has 0 saturated heterocycles. The van der Waals surface area contributed by atoms with E-state index in [-0.39, 0.29) is 0 Å². The van der Waals surface area contributed by atoms with Crippen molar-refractivity contribution in [1.82, 2.24) is 4.90 Å². The van der Waals surface area contributed by atoms with Crippen molar-refractivity contribution in [2.75, 3.05) is 7.05 Å². The lowest BCUT2D eigenvalue weighted by atomic mass is 9.92. The summed E-state index contributed by atoms with van der Waals surface area (Å²) in [4.78, 5) is 24.4. The van der Waals surface area contributed by atoms with Crippen molar-refractivity contribution in [3.05, 3.63) is 34.9 Å². The van der Waals surface area contributed by atoms with E-state index in [9.17, 15) is 9.59 Å². The minimum Gasteiger partial charge on any atom is -0.480 e. The number of amides is 1. The molecular weight excluding hydrogens is 254 g/mol. The fourth-order valence-corrected chi connectivity index (χ4v) is 1.76. The molecule has 0 atom stereocenters. The van der Waals surface area contributed by atoms with Crippen molar-refractivity contribution in [2.24, 2.45) is 5.41 Å². The second kappa shape index (κ2) is 5.40. The van der Waals surface area contributed by atoms with Gasteiger partial charge in [-0.05, 0) is 31.5 Å². The second-order valence-electron chi connectivity index (χ2n) is 4.72. The maximum atomic E-state index is 12.0. The molecule has 0 radical (unpaired) electrons. The molecule has 5 heteroatoms. The van der Waals surface area contributed by atoms with Crippen LogP contribution in [0.15, 0.2) is 24.3 Å². The monoisotopic (exact) mass is 269 g/mol. The highest BCUT2D eigenvalue weighted by molar-refractivity contribution is 6.30. The van der Waals surface area contributed by atoms with Gasteiger partial charge in [0.25, 0.3) is 0 Å². The van der Waals surface area contributed by atoms with E-state index in [0.717, 1.165) is 5.56 Å². The Bertz CT molecular complexity index is 471. The summed E-state index contributed by atoms with van der Waals surface area (Å²) in [5, 5.41) is 9.59. The first kappa shape index (κ1) is 14.5. The van der Waals surface area contributed by atoms with Gasteiger partial charge in [-0.2, -0.15) is 0 Å². The lowest BCUT2D eigenvalue weighted by molar-refractivity contribution is -0.157. The first-order chi connectivity index (χ1) is 8.25. The van der Waals surface area contributed by atoms with Gasteiger partial charge in [0.1, 0.15) is 5.41 Å². The Hall–Kier alpha value is -1.55. The van der Waals surface area contributed by atoms with Crippen LogP contribution in [0.3, 0.4) is 0 Å². The van der Waals surface area contributed by atoms with Crippen molar-refractivity contribution in [1.29, 1.82) is 0 Å². The summed E-state index contributed by atoms with van der Waals surface area (Å²) in [5.41, 5.74) is -0.563. The van der Waals surface area contributed by atoms with E-state index in [1.165, 1.54) is 18.7 Å². The molecule has 0 fully saturated rings. The number of hydrogen-bond acceptors (Lipinski definition) is 2. The molecule has 0 saturated carbocycles. The van der Waals surface area contributed by atoms with Gasteiger partial charge in [-0.15, -0.1) is 0 Å². The van der Waals surface area contributed by atoms with Gasteiger partial charge in [-0.3, -0.25) is 9.59 Å². The van der Waals surface area contributed by atoms with Crippen molar-refractivity contribution >= 4 is 23.5 Å². The fourth-order valence-electron chi connectivity index (χ4n) is 1.55. The van der Waals surface area contributed by atoms with E-state index in [4.69, 9.17) is 16.7 Å². The summed E-state index contributed by atoms with van der Waals surface area (Å²) in [6, 6.07) is 7.12. The number of carboxylic acids is 1. The second-order valence-corrected chi connectivity index (χ2v) is 5.16. The Balaban J connectivity index is 2.80. The van der Waals surface area contributed by atoms with Gasteiger partial charge in [0, 0.05) is 18.6 Å². The molecule has 0 spiro atoms. The summed E-state index contributed by atoms with van der Waals surface area (Å²) in [5.74, 6) is -1.57. The molecule has 1 N–H and O–H groups in total. The minimum absolute atomic E-state index is 0.329. The Labute approximate surface area is 111 Å². The third-order valence-electron chi connectivity index (χ3n) is 2.72. The maximum Gasteiger partial charge on any atom is 0.318 e. The SMILES string of the molecule is CN(Cc1cccc(Cl)c1)C(=O)C(C)(C)C(=O)O. The zero-order valence-corrected chi connectivity index (χ0v) is 11.4. The summed E-state index contributed by atoms with van der Waals surface area (Å²) >= 11 is 5.85. The van der Waals surface area contributed by atoms with Crippen molar-refractivity contribution in [2.45, 2.75) is 20.4 Å². The number of hydrogen-bond donors (Lipinski definition) is 1. The zero-order valence-electron chi connectivity index (χ0n) is 10.6. The zero-order chi connectivity index (χ0) is 13.9. The van der Waals surface area contributed by atoms with E-state index >= 15 is 0 Å². The first-order valence-electron chi connectivity index (χ1n) is 5.48. The van der Waals surface area contributed by atoms with E-state index in [2.05, 4.69) is 0 Å². The molecule has 0 heterocycles. The van der Waals surface area contributed by atoms with Crippen LogP contribution in [0.5, 0.6) is 0 Å². The third-order valence-corrected chi connectivity index (χ3v) is 2.96. The van der Waals surface area contributed by atoms with Crippen LogP contribution in [0.4, 0.5) is 0 Å². The standard InChI is InChI=1S/C13H16ClNO3/c1-13(2,12(17)18)11(16)15(3)8-9-5-4-6-10(14)7-9/h4-7H,8H2,1-3H3,(H,17,18). The Morgan fingerprint density at radius 1 is 1.39 bits per heavy atom. The van der Waals surface area contributed by atoms with Crippen LogP contribution in [-0.2, 0) is 16.1 Å². The quantitative estimate of drug-likeness (QED) is 0.854. The first-order valence-corrected chi connectivity index (χ1v) is 5.86. The molecule has 4 nitrogen and oxygen atoms in total. The van der Waals surface area contributed by atoms with E-state index < -0.39 is 17.3 Å². The molecule has 18 heavy (non-hydrogen) atoms. The fraction of sp³-hybridized carbons (Fsp3) is 0.385. The number of aliphatic carboxylic acids is 1. The van der Waals surface area contributed by atoms with Crippen LogP contribution in [-0.4, -0.2) is 28.9 Å². The molecule has 1 aromatic carbocycles. The largest absolute Gasteiger partial charge is 0.480 e. The van der Waals surface area contributed by atoms with E-state index in [0.29, 0.717) is 11.6 Å². The highest BCUT2D eigenvalue weighted by atomic mass is 35.5. The van der Waals surface area contributed by atoms with Crippen LogP contribution in [0.2, 0.25) is 5.02 Å². The van der Waals surface area contributed by atoms with Crippen LogP contribution in [0.25, 0.3) is 0 Å². The van der Waals surface area contributed by atoms with Gasteiger partial charge >= 0.3 is 5.97 Å². The van der Waals surface area contributed by atoms with Crippen LogP contribution < -0.4 is 0 Å². The lowest BCUT2D eigenvalue weighted by Crippen LogP contribution is -2.43. The average molecular weight is 270 g/mol. The van der Waals surface area contributed by atoms with Crippen LogP contribution in [0, 0.1) is 5.41 Å². The predicted molar refractivity (Wildman–Crippen MR) is 69.3 cm³/mol. The Morgan fingerprint density at radius 2 is 2.00 bits per heavy atom. The lowest BCUT2D eigenvalue weighted by Gasteiger charge is -2.26. The number of benzene rings is 1. The molecule has 0 bridgehead atoms. The molecule has 0 unspecified atom stereocenters. The van der Waals surface area contributed by atoms with Crippen LogP contribution in [0.1, 0.15) is 19.4 Å². The summed E-state index contributed by atoms with van der Waals surface area (Å²) in [7, 11) is 1.58. The van der Waals surface area contributed by atoms with Gasteiger partial charge in [-0.1, -0.05) is 23.7 Å². The van der Waals surface area contributed by atoms with Gasteiger partial charge in [-0.25, -0.2) is 0 Å².